The third-order valence-corrected chi connectivity index (χ3v) is 1.16. The highest BCUT2D eigenvalue weighted by molar-refractivity contribution is 6.34. The summed E-state index contributed by atoms with van der Waals surface area (Å²) in [5.41, 5.74) is 0. The molecule has 0 radical (unpaired) electrons. The van der Waals surface area contributed by atoms with Crippen molar-refractivity contribution in [3.63, 3.8) is 0 Å². The molecule has 1 aliphatic heterocycles. The third-order valence-electron chi connectivity index (χ3n) is 0.869. The van der Waals surface area contributed by atoms with Gasteiger partial charge in [-0.15, -0.1) is 0 Å². The van der Waals surface area contributed by atoms with Crippen molar-refractivity contribution in [3.05, 3.63) is 12.4 Å². The van der Waals surface area contributed by atoms with Gasteiger partial charge in [-0.05, 0) is 0 Å². The van der Waals surface area contributed by atoms with Crippen LogP contribution in [0.1, 0.15) is 0 Å². The van der Waals surface area contributed by atoms with E-state index in [-0.39, 0.29) is 0 Å². The number of nitrogens with zero attached hydrogens (tertiary/aromatic N) is 2. The Morgan fingerprint density at radius 1 is 1.78 bits per heavy atom. The molecular weight excluding hydrogens is 138 g/mol. The minimum atomic E-state index is -1.13. The van der Waals surface area contributed by atoms with E-state index in [1.165, 1.54) is 18.6 Å². The van der Waals surface area contributed by atoms with Gasteiger partial charge in [0.15, 0.2) is 0 Å². The predicted octanol–water partition coefficient (Wildman–Crippen LogP) is 0.590. The molecule has 0 amide bonds. The Morgan fingerprint density at radius 3 is 2.89 bits per heavy atom. The predicted molar refractivity (Wildman–Crippen MR) is 35.0 cm³/mol. The summed E-state index contributed by atoms with van der Waals surface area (Å²) in [6.45, 7) is 0. The number of rotatable bonds is 0. The minimum absolute atomic E-state index is 1.13. The molecule has 4 heteroatoms. The molecule has 0 fully saturated rings. The van der Waals surface area contributed by atoms with Crippen LogP contribution in [0.3, 0.4) is 0 Å². The second-order valence-corrected chi connectivity index (χ2v) is 2.16. The molecule has 0 aromatic heterocycles. The molecule has 0 saturated heterocycles. The number of aliphatic imine (C=N–C) groups is 1. The van der Waals surface area contributed by atoms with Crippen molar-refractivity contribution in [3.8, 4) is 6.07 Å². The Hall–Kier alpha value is -1.01. The molecule has 1 heterocycles. The van der Waals surface area contributed by atoms with Crippen molar-refractivity contribution < 1.29 is 0 Å². The molecule has 1 aliphatic rings. The van der Waals surface area contributed by atoms with Crippen LogP contribution in [0.5, 0.6) is 0 Å². The van der Waals surface area contributed by atoms with Gasteiger partial charge in [-0.25, -0.2) is 0 Å². The number of hydrogen-bond donors (Lipinski definition) is 1. The maximum Gasteiger partial charge on any atom is 0.235 e. The second kappa shape index (κ2) is 2.08. The van der Waals surface area contributed by atoms with Gasteiger partial charge in [-0.2, -0.15) is 5.26 Å². The molecule has 0 aromatic rings. The van der Waals surface area contributed by atoms with Crippen LogP contribution in [0.15, 0.2) is 17.4 Å². The van der Waals surface area contributed by atoms with E-state index < -0.39 is 5.00 Å². The highest BCUT2D eigenvalue weighted by Crippen LogP contribution is 2.08. The van der Waals surface area contributed by atoms with E-state index in [4.69, 9.17) is 16.9 Å². The Balaban J connectivity index is 2.77. The highest BCUT2D eigenvalue weighted by atomic mass is 35.5. The fourth-order valence-corrected chi connectivity index (χ4v) is 0.565. The number of hydrogen-bond acceptors (Lipinski definition) is 3. The molecule has 0 saturated carbocycles. The molecule has 46 valence electrons. The van der Waals surface area contributed by atoms with E-state index in [1.54, 1.807) is 0 Å². The van der Waals surface area contributed by atoms with Crippen molar-refractivity contribution in [1.82, 2.24) is 5.32 Å². The first-order valence-corrected chi connectivity index (χ1v) is 2.72. The van der Waals surface area contributed by atoms with Gasteiger partial charge in [-0.3, -0.25) is 4.99 Å². The number of alkyl halides is 1. The molecule has 0 aliphatic carbocycles. The summed E-state index contributed by atoms with van der Waals surface area (Å²) in [5.74, 6) is 0. The number of nitriles is 1. The summed E-state index contributed by atoms with van der Waals surface area (Å²) in [7, 11) is 0. The summed E-state index contributed by atoms with van der Waals surface area (Å²) in [6.07, 6.45) is 4.39. The van der Waals surface area contributed by atoms with Gasteiger partial charge >= 0.3 is 0 Å². The molecule has 1 N–H and O–H groups in total. The standard InChI is InChI=1S/C5H4ClN3/c6-5(3-7)4-8-1-2-9-5/h1-2,4,9H. The average molecular weight is 142 g/mol. The molecule has 1 rings (SSSR count). The Kier molecular flexibility index (Phi) is 1.41. The average Bonchev–Trinajstić information content (AvgIpc) is 1.90. The van der Waals surface area contributed by atoms with Gasteiger partial charge in [0.1, 0.15) is 6.07 Å². The van der Waals surface area contributed by atoms with Gasteiger partial charge in [0.05, 0.1) is 6.21 Å². The van der Waals surface area contributed by atoms with Crippen LogP contribution < -0.4 is 5.32 Å². The zero-order chi connectivity index (χ0) is 6.74. The summed E-state index contributed by atoms with van der Waals surface area (Å²) in [6, 6.07) is 1.83. The van der Waals surface area contributed by atoms with Crippen LogP contribution in [-0.2, 0) is 0 Å². The lowest BCUT2D eigenvalue weighted by Crippen LogP contribution is -2.37. The zero-order valence-electron chi connectivity index (χ0n) is 4.50. The fraction of sp³-hybridized carbons (Fsp3) is 0.200. The van der Waals surface area contributed by atoms with Crippen LogP contribution >= 0.6 is 11.6 Å². The van der Waals surface area contributed by atoms with Gasteiger partial charge in [0, 0.05) is 12.4 Å². The number of halogens is 1. The van der Waals surface area contributed by atoms with Crippen molar-refractivity contribution in [1.29, 1.82) is 5.26 Å². The van der Waals surface area contributed by atoms with Crippen molar-refractivity contribution in [2.75, 3.05) is 0 Å². The monoisotopic (exact) mass is 141 g/mol. The zero-order valence-corrected chi connectivity index (χ0v) is 5.26. The smallest absolute Gasteiger partial charge is 0.235 e. The van der Waals surface area contributed by atoms with E-state index >= 15 is 0 Å². The van der Waals surface area contributed by atoms with Crippen molar-refractivity contribution in [2.24, 2.45) is 4.99 Å². The molecular formula is C5H4ClN3. The summed E-state index contributed by atoms with van der Waals surface area (Å²) in [4.78, 5) is 2.55. The van der Waals surface area contributed by atoms with Gasteiger partial charge in [0.2, 0.25) is 5.00 Å². The Labute approximate surface area is 57.6 Å². The SMILES string of the molecule is N#CC1(Cl)C=NC=CN1. The highest BCUT2D eigenvalue weighted by Gasteiger charge is 2.22. The van der Waals surface area contributed by atoms with Gasteiger partial charge < -0.3 is 5.32 Å². The normalized spacial score (nSPS) is 31.1. The molecule has 3 nitrogen and oxygen atoms in total. The quantitative estimate of drug-likeness (QED) is 0.397. The molecule has 0 bridgehead atoms. The fourth-order valence-electron chi connectivity index (χ4n) is 0.446. The Morgan fingerprint density at radius 2 is 2.56 bits per heavy atom. The third kappa shape index (κ3) is 1.21. The first kappa shape index (κ1) is 6.12. The van der Waals surface area contributed by atoms with Crippen molar-refractivity contribution in [2.45, 2.75) is 5.00 Å². The van der Waals surface area contributed by atoms with Gasteiger partial charge in [-0.1, -0.05) is 11.6 Å². The molecule has 0 spiro atoms. The van der Waals surface area contributed by atoms with Crippen LogP contribution in [0.4, 0.5) is 0 Å². The van der Waals surface area contributed by atoms with E-state index in [9.17, 15) is 0 Å². The van der Waals surface area contributed by atoms with Crippen molar-refractivity contribution >= 4 is 17.8 Å². The maximum absolute atomic E-state index is 8.38. The summed E-state index contributed by atoms with van der Waals surface area (Å²) in [5, 5.41) is 11.0. The summed E-state index contributed by atoms with van der Waals surface area (Å²) >= 11 is 5.59. The topological polar surface area (TPSA) is 48.2 Å². The largest absolute Gasteiger partial charge is 0.355 e. The Bertz CT molecular complexity index is 203. The minimum Gasteiger partial charge on any atom is -0.355 e. The van der Waals surface area contributed by atoms with E-state index in [0.29, 0.717) is 0 Å². The van der Waals surface area contributed by atoms with Gasteiger partial charge in [0.25, 0.3) is 0 Å². The van der Waals surface area contributed by atoms with Crippen LogP contribution in [0.25, 0.3) is 0 Å². The van der Waals surface area contributed by atoms with E-state index in [0.717, 1.165) is 0 Å². The maximum atomic E-state index is 8.38. The molecule has 0 aromatic carbocycles. The van der Waals surface area contributed by atoms with E-state index in [1.807, 2.05) is 6.07 Å². The molecule has 1 unspecified atom stereocenters. The van der Waals surface area contributed by atoms with E-state index in [2.05, 4.69) is 10.3 Å². The number of nitrogens with one attached hydrogen (secondary N) is 1. The van der Waals surface area contributed by atoms with Crippen LogP contribution in [-0.4, -0.2) is 11.2 Å². The molecule has 9 heavy (non-hydrogen) atoms. The lowest BCUT2D eigenvalue weighted by Gasteiger charge is -2.14. The lowest BCUT2D eigenvalue weighted by molar-refractivity contribution is 0.815. The van der Waals surface area contributed by atoms with Crippen LogP contribution in [0, 0.1) is 11.3 Å². The lowest BCUT2D eigenvalue weighted by atomic mass is 10.3. The second-order valence-electron chi connectivity index (χ2n) is 1.56. The first-order chi connectivity index (χ1) is 4.27. The first-order valence-electron chi connectivity index (χ1n) is 2.34. The van der Waals surface area contributed by atoms with Crippen LogP contribution in [0.2, 0.25) is 0 Å². The molecule has 1 atom stereocenters. The summed E-state index contributed by atoms with van der Waals surface area (Å²) < 4.78 is 0.